The molecule has 2 aromatic rings. The quantitative estimate of drug-likeness (QED) is 0.408. The number of hydrogen-bond donors (Lipinski definition) is 1. The molecular weight excluding hydrogens is 447 g/mol. The van der Waals surface area contributed by atoms with Gasteiger partial charge in [0.05, 0.1) is 11.1 Å². The van der Waals surface area contributed by atoms with Crippen LogP contribution < -0.4 is 10.1 Å². The second-order valence-corrected chi connectivity index (χ2v) is 8.29. The SMILES string of the molecule is CC#CC(C)(C)NC(=O)C(Oc1cc(C)c2ncc(I)cc2c1)SC. The summed E-state index contributed by atoms with van der Waals surface area (Å²) in [5.74, 6) is 6.27. The molecule has 1 atom stereocenters. The molecule has 132 valence electrons. The Hall–Kier alpha value is -1.46. The number of ether oxygens (including phenoxy) is 1. The van der Waals surface area contributed by atoms with Gasteiger partial charge in [0.2, 0.25) is 5.44 Å². The summed E-state index contributed by atoms with van der Waals surface area (Å²) in [5, 5.41) is 3.92. The number of rotatable bonds is 5. The van der Waals surface area contributed by atoms with Gasteiger partial charge in [-0.15, -0.1) is 17.7 Å². The van der Waals surface area contributed by atoms with E-state index in [1.807, 2.05) is 45.4 Å². The van der Waals surface area contributed by atoms with Crippen molar-refractivity contribution < 1.29 is 9.53 Å². The maximum Gasteiger partial charge on any atom is 0.272 e. The smallest absolute Gasteiger partial charge is 0.272 e. The molecule has 25 heavy (non-hydrogen) atoms. The Labute approximate surface area is 166 Å². The minimum atomic E-state index is -0.648. The first kappa shape index (κ1) is 19.9. The Morgan fingerprint density at radius 2 is 2.12 bits per heavy atom. The number of amides is 1. The van der Waals surface area contributed by atoms with Crippen LogP contribution in [0.4, 0.5) is 0 Å². The van der Waals surface area contributed by atoms with Gasteiger partial charge < -0.3 is 10.1 Å². The Morgan fingerprint density at radius 1 is 1.40 bits per heavy atom. The zero-order valence-electron chi connectivity index (χ0n) is 14.9. The van der Waals surface area contributed by atoms with Crippen LogP contribution in [0.5, 0.6) is 5.75 Å². The van der Waals surface area contributed by atoms with Crippen LogP contribution in [0.1, 0.15) is 26.3 Å². The number of aryl methyl sites for hydroxylation is 1. The summed E-state index contributed by atoms with van der Waals surface area (Å²) < 4.78 is 7.01. The van der Waals surface area contributed by atoms with Gasteiger partial charge in [-0.2, -0.15) is 0 Å². The van der Waals surface area contributed by atoms with Crippen molar-refractivity contribution >= 4 is 51.2 Å². The summed E-state index contributed by atoms with van der Waals surface area (Å²) in [6.07, 6.45) is 3.69. The molecule has 2 rings (SSSR count). The number of carbonyl (C=O) groups excluding carboxylic acids is 1. The number of benzene rings is 1. The topological polar surface area (TPSA) is 51.2 Å². The van der Waals surface area contributed by atoms with Crippen LogP contribution in [0.3, 0.4) is 0 Å². The first-order chi connectivity index (χ1) is 11.8. The van der Waals surface area contributed by atoms with Crippen LogP contribution in [0.2, 0.25) is 0 Å². The Kier molecular flexibility index (Phi) is 6.58. The standard InChI is InChI=1S/C19H21IN2O2S/c1-6-7-19(3,4)22-17(23)18(25-5)24-15-8-12(2)16-13(10-15)9-14(20)11-21-16/h8-11,18H,1-5H3,(H,22,23). The summed E-state index contributed by atoms with van der Waals surface area (Å²) in [6.45, 7) is 7.48. The predicted molar refractivity (Wildman–Crippen MR) is 113 cm³/mol. The summed E-state index contributed by atoms with van der Waals surface area (Å²) in [4.78, 5) is 17.0. The molecular formula is C19H21IN2O2S. The number of fused-ring (bicyclic) bond motifs is 1. The normalized spacial score (nSPS) is 12.2. The molecule has 1 aromatic carbocycles. The highest BCUT2D eigenvalue weighted by atomic mass is 127. The average molecular weight is 468 g/mol. The number of nitrogens with one attached hydrogen (secondary N) is 1. The number of pyridine rings is 1. The third-order valence-corrected chi connectivity index (χ3v) is 4.79. The van der Waals surface area contributed by atoms with Crippen LogP contribution in [0.15, 0.2) is 24.4 Å². The van der Waals surface area contributed by atoms with Crippen molar-refractivity contribution in [3.05, 3.63) is 33.5 Å². The molecule has 0 bridgehead atoms. The van der Waals surface area contributed by atoms with Gasteiger partial charge in [0, 0.05) is 15.2 Å². The number of aromatic nitrogens is 1. The molecule has 0 aliphatic carbocycles. The molecule has 0 aliphatic rings. The van der Waals surface area contributed by atoms with Crippen LogP contribution in [-0.2, 0) is 4.79 Å². The molecule has 4 nitrogen and oxygen atoms in total. The fraction of sp³-hybridized carbons (Fsp3) is 0.368. The Morgan fingerprint density at radius 3 is 2.76 bits per heavy atom. The van der Waals surface area contributed by atoms with Crippen LogP contribution >= 0.6 is 34.4 Å². The monoisotopic (exact) mass is 468 g/mol. The first-order valence-electron chi connectivity index (χ1n) is 7.77. The van der Waals surface area contributed by atoms with Gasteiger partial charge in [-0.1, -0.05) is 5.92 Å². The van der Waals surface area contributed by atoms with E-state index in [4.69, 9.17) is 4.74 Å². The van der Waals surface area contributed by atoms with Gasteiger partial charge in [-0.3, -0.25) is 9.78 Å². The molecule has 1 N–H and O–H groups in total. The fourth-order valence-electron chi connectivity index (χ4n) is 2.48. The van der Waals surface area contributed by atoms with Crippen molar-refractivity contribution in [2.75, 3.05) is 6.26 Å². The molecule has 0 radical (unpaired) electrons. The van der Waals surface area contributed by atoms with Gasteiger partial charge in [-0.05, 0) is 80.3 Å². The van der Waals surface area contributed by atoms with Crippen molar-refractivity contribution in [3.63, 3.8) is 0 Å². The lowest BCUT2D eigenvalue weighted by Gasteiger charge is -2.24. The summed E-state index contributed by atoms with van der Waals surface area (Å²) in [5.41, 5.74) is 0.715. The molecule has 0 aliphatic heterocycles. The van der Waals surface area contributed by atoms with Gasteiger partial charge in [0.25, 0.3) is 5.91 Å². The molecule has 0 fully saturated rings. The van der Waals surface area contributed by atoms with E-state index in [0.717, 1.165) is 20.0 Å². The molecule has 1 heterocycles. The third-order valence-electron chi connectivity index (χ3n) is 3.46. The number of nitrogens with zero attached hydrogens (tertiary/aromatic N) is 1. The van der Waals surface area contributed by atoms with Crippen LogP contribution in [0, 0.1) is 22.3 Å². The maximum atomic E-state index is 12.5. The highest BCUT2D eigenvalue weighted by Gasteiger charge is 2.25. The lowest BCUT2D eigenvalue weighted by molar-refractivity contribution is -0.125. The molecule has 1 amide bonds. The van der Waals surface area contributed by atoms with E-state index in [-0.39, 0.29) is 5.91 Å². The van der Waals surface area contributed by atoms with Crippen molar-refractivity contribution in [2.24, 2.45) is 0 Å². The van der Waals surface area contributed by atoms with Gasteiger partial charge in [-0.25, -0.2) is 0 Å². The lowest BCUT2D eigenvalue weighted by Crippen LogP contribution is -2.47. The molecule has 1 unspecified atom stereocenters. The van der Waals surface area contributed by atoms with Crippen molar-refractivity contribution in [3.8, 4) is 17.6 Å². The van der Waals surface area contributed by atoms with Gasteiger partial charge in [0.15, 0.2) is 0 Å². The summed E-state index contributed by atoms with van der Waals surface area (Å²) in [6, 6.07) is 5.89. The van der Waals surface area contributed by atoms with Crippen LogP contribution in [0.25, 0.3) is 10.9 Å². The Balaban J connectivity index is 2.24. The fourth-order valence-corrected chi connectivity index (χ4v) is 3.44. The molecule has 0 saturated heterocycles. The van der Waals surface area contributed by atoms with E-state index in [9.17, 15) is 4.79 Å². The zero-order valence-corrected chi connectivity index (χ0v) is 17.9. The Bertz CT molecular complexity index is 856. The molecule has 1 aromatic heterocycles. The van der Waals surface area contributed by atoms with E-state index in [0.29, 0.717) is 5.75 Å². The highest BCUT2D eigenvalue weighted by Crippen LogP contribution is 2.27. The number of halogens is 1. The van der Waals surface area contributed by atoms with E-state index < -0.39 is 11.0 Å². The van der Waals surface area contributed by atoms with E-state index in [2.05, 4.69) is 50.8 Å². The second-order valence-electron chi connectivity index (χ2n) is 6.14. The van der Waals surface area contributed by atoms with E-state index >= 15 is 0 Å². The first-order valence-corrected chi connectivity index (χ1v) is 10.1. The van der Waals surface area contributed by atoms with Crippen LogP contribution in [-0.4, -0.2) is 28.1 Å². The molecule has 6 heteroatoms. The van der Waals surface area contributed by atoms with Gasteiger partial charge >= 0.3 is 0 Å². The minimum Gasteiger partial charge on any atom is -0.470 e. The van der Waals surface area contributed by atoms with E-state index in [1.54, 1.807) is 6.92 Å². The number of thioether (sulfide) groups is 1. The second kappa shape index (κ2) is 8.28. The number of hydrogen-bond acceptors (Lipinski definition) is 4. The van der Waals surface area contributed by atoms with Crippen molar-refractivity contribution in [1.29, 1.82) is 0 Å². The minimum absolute atomic E-state index is 0.196. The third kappa shape index (κ3) is 5.25. The van der Waals surface area contributed by atoms with Crippen molar-refractivity contribution in [2.45, 2.75) is 38.7 Å². The predicted octanol–water partition coefficient (Wildman–Crippen LogP) is 4.13. The molecule has 0 saturated carbocycles. The molecule has 0 spiro atoms. The summed E-state index contributed by atoms with van der Waals surface area (Å²) >= 11 is 3.58. The van der Waals surface area contributed by atoms with E-state index in [1.165, 1.54) is 11.8 Å². The zero-order chi connectivity index (χ0) is 18.6. The largest absolute Gasteiger partial charge is 0.470 e. The average Bonchev–Trinajstić information content (AvgIpc) is 2.51. The summed E-state index contributed by atoms with van der Waals surface area (Å²) in [7, 11) is 0. The number of carbonyl (C=O) groups is 1. The van der Waals surface area contributed by atoms with Gasteiger partial charge in [0.1, 0.15) is 5.75 Å². The maximum absolute atomic E-state index is 12.5. The lowest BCUT2D eigenvalue weighted by atomic mass is 10.1. The van der Waals surface area contributed by atoms with Crippen molar-refractivity contribution in [1.82, 2.24) is 10.3 Å². The highest BCUT2D eigenvalue weighted by molar-refractivity contribution is 14.1.